The summed E-state index contributed by atoms with van der Waals surface area (Å²) in [5.74, 6) is 0.0685. The molecule has 3 saturated heterocycles. The Morgan fingerprint density at radius 2 is 1.93 bits per heavy atom. The summed E-state index contributed by atoms with van der Waals surface area (Å²) < 4.78 is 33.3. The molecule has 0 aromatic heterocycles. The van der Waals surface area contributed by atoms with Crippen molar-refractivity contribution < 1.29 is 23.1 Å². The van der Waals surface area contributed by atoms with Gasteiger partial charge in [-0.2, -0.15) is 0 Å². The molecule has 0 bridgehead atoms. The second-order valence-electron chi connectivity index (χ2n) is 9.02. The van der Waals surface area contributed by atoms with Gasteiger partial charge >= 0.3 is 5.97 Å². The van der Waals surface area contributed by atoms with E-state index >= 15 is 0 Å². The van der Waals surface area contributed by atoms with Crippen molar-refractivity contribution >= 4 is 16.0 Å². The third-order valence-corrected chi connectivity index (χ3v) is 8.92. The zero-order valence-electron chi connectivity index (χ0n) is 16.6. The number of carbonyl (C=O) groups is 1. The Bertz CT molecular complexity index is 632. The van der Waals surface area contributed by atoms with Gasteiger partial charge in [-0.15, -0.1) is 0 Å². The number of fused-ring (bicyclic) bond motifs is 1. The molecule has 2 unspecified atom stereocenters. The minimum absolute atomic E-state index is 0.111. The number of aliphatic carboxylic acids is 1. The number of likely N-dealkylation sites (tertiary alicyclic amines) is 1. The lowest BCUT2D eigenvalue weighted by molar-refractivity contribution is -0.137. The molecule has 3 heterocycles. The Morgan fingerprint density at radius 1 is 1.22 bits per heavy atom. The van der Waals surface area contributed by atoms with Crippen molar-refractivity contribution in [3.05, 3.63) is 0 Å². The van der Waals surface area contributed by atoms with E-state index in [-0.39, 0.29) is 23.0 Å². The van der Waals surface area contributed by atoms with Crippen LogP contribution in [-0.4, -0.2) is 79.9 Å². The Kier molecular flexibility index (Phi) is 6.50. The van der Waals surface area contributed by atoms with Crippen molar-refractivity contribution in [2.45, 2.75) is 51.2 Å². The van der Waals surface area contributed by atoms with E-state index in [0.717, 1.165) is 26.1 Å². The van der Waals surface area contributed by atoms with E-state index in [0.29, 0.717) is 51.5 Å². The molecule has 0 saturated carbocycles. The van der Waals surface area contributed by atoms with E-state index in [9.17, 15) is 18.3 Å². The summed E-state index contributed by atoms with van der Waals surface area (Å²) in [5, 5.41) is 8.85. The first kappa shape index (κ1) is 21.0. The van der Waals surface area contributed by atoms with Crippen molar-refractivity contribution in [1.29, 1.82) is 0 Å². The Hall–Kier alpha value is -0.700. The number of carboxylic acids is 1. The summed E-state index contributed by atoms with van der Waals surface area (Å²) in [6, 6.07) is 0. The van der Waals surface area contributed by atoms with Crippen LogP contribution in [0.2, 0.25) is 0 Å². The van der Waals surface area contributed by atoms with Crippen molar-refractivity contribution in [1.82, 2.24) is 9.21 Å². The van der Waals surface area contributed by atoms with Crippen LogP contribution >= 0.6 is 0 Å². The first-order valence-corrected chi connectivity index (χ1v) is 11.7. The van der Waals surface area contributed by atoms with E-state index < -0.39 is 16.0 Å². The highest BCUT2D eigenvalue weighted by atomic mass is 32.2. The lowest BCUT2D eigenvalue weighted by Gasteiger charge is -2.31. The summed E-state index contributed by atoms with van der Waals surface area (Å²) in [6.45, 7) is 9.15. The van der Waals surface area contributed by atoms with Gasteiger partial charge in [0.05, 0.1) is 5.25 Å². The highest BCUT2D eigenvalue weighted by Gasteiger charge is 2.55. The molecule has 3 fully saturated rings. The molecule has 0 aliphatic carbocycles. The quantitative estimate of drug-likeness (QED) is 0.664. The average Bonchev–Trinajstić information content (AvgIpc) is 3.13. The molecular formula is C19H34N2O5S. The summed E-state index contributed by atoms with van der Waals surface area (Å²) in [5.41, 5.74) is -0.215. The number of hydrogen-bond donors (Lipinski definition) is 1. The van der Waals surface area contributed by atoms with Crippen molar-refractivity contribution in [2.24, 2.45) is 17.3 Å². The molecular weight excluding hydrogens is 368 g/mol. The van der Waals surface area contributed by atoms with Crippen LogP contribution in [0.25, 0.3) is 0 Å². The van der Waals surface area contributed by atoms with Gasteiger partial charge in [0.25, 0.3) is 0 Å². The van der Waals surface area contributed by atoms with Crippen LogP contribution < -0.4 is 0 Å². The van der Waals surface area contributed by atoms with Crippen LogP contribution in [0.3, 0.4) is 0 Å². The van der Waals surface area contributed by atoms with Gasteiger partial charge in [-0.05, 0) is 44.1 Å². The van der Waals surface area contributed by atoms with E-state index in [1.54, 1.807) is 4.31 Å². The first-order chi connectivity index (χ1) is 12.7. The van der Waals surface area contributed by atoms with Gasteiger partial charge in [0, 0.05) is 51.2 Å². The van der Waals surface area contributed by atoms with Gasteiger partial charge in [-0.3, -0.25) is 4.79 Å². The predicted octanol–water partition coefficient (Wildman–Crippen LogP) is 1.64. The second-order valence-corrected chi connectivity index (χ2v) is 11.2. The average molecular weight is 403 g/mol. The zero-order chi connectivity index (χ0) is 19.7. The number of ether oxygens (including phenoxy) is 1. The highest BCUT2D eigenvalue weighted by Crippen LogP contribution is 2.47. The maximum atomic E-state index is 13.1. The van der Waals surface area contributed by atoms with Crippen molar-refractivity contribution in [3.63, 3.8) is 0 Å². The second kappa shape index (κ2) is 8.35. The van der Waals surface area contributed by atoms with E-state index in [1.807, 2.05) is 0 Å². The third-order valence-electron chi connectivity index (χ3n) is 6.61. The van der Waals surface area contributed by atoms with Crippen LogP contribution in [0.4, 0.5) is 0 Å². The number of nitrogens with zero attached hydrogens (tertiary/aromatic N) is 2. The highest BCUT2D eigenvalue weighted by molar-refractivity contribution is 7.89. The molecule has 1 N–H and O–H groups in total. The summed E-state index contributed by atoms with van der Waals surface area (Å²) >= 11 is 0. The van der Waals surface area contributed by atoms with E-state index in [2.05, 4.69) is 18.7 Å². The standard InChI is InChI=1S/C19H34N2O5S/c1-15(2)4-8-20-11-16-12-21(14-19(16,13-20)7-3-18(22)23)27(24,25)17-5-9-26-10-6-17/h15-17H,3-14H2,1-2H3,(H,22,23). The van der Waals surface area contributed by atoms with Crippen LogP contribution in [0, 0.1) is 17.3 Å². The predicted molar refractivity (Wildman–Crippen MR) is 103 cm³/mol. The molecule has 0 amide bonds. The number of rotatable bonds is 8. The molecule has 8 heteroatoms. The number of carboxylic acid groups (broad SMARTS) is 1. The van der Waals surface area contributed by atoms with Gasteiger partial charge in [0.15, 0.2) is 0 Å². The van der Waals surface area contributed by atoms with Gasteiger partial charge in [-0.1, -0.05) is 13.8 Å². The number of hydrogen-bond acceptors (Lipinski definition) is 5. The molecule has 27 heavy (non-hydrogen) atoms. The fourth-order valence-electron chi connectivity index (χ4n) is 4.94. The van der Waals surface area contributed by atoms with Crippen LogP contribution in [-0.2, 0) is 19.6 Å². The smallest absolute Gasteiger partial charge is 0.303 e. The fraction of sp³-hybridized carbons (Fsp3) is 0.947. The minimum Gasteiger partial charge on any atom is -0.481 e. The van der Waals surface area contributed by atoms with Crippen LogP contribution in [0.1, 0.15) is 46.0 Å². The summed E-state index contributed by atoms with van der Waals surface area (Å²) in [4.78, 5) is 13.6. The molecule has 3 rings (SSSR count). The molecule has 3 aliphatic rings. The molecule has 7 nitrogen and oxygen atoms in total. The van der Waals surface area contributed by atoms with Crippen molar-refractivity contribution in [3.8, 4) is 0 Å². The topological polar surface area (TPSA) is 87.2 Å². The lowest BCUT2D eigenvalue weighted by atomic mass is 9.77. The maximum Gasteiger partial charge on any atom is 0.303 e. The molecule has 0 aromatic carbocycles. The molecule has 0 radical (unpaired) electrons. The molecule has 0 spiro atoms. The number of sulfonamides is 1. The van der Waals surface area contributed by atoms with Gasteiger partial charge in [0.1, 0.15) is 0 Å². The zero-order valence-corrected chi connectivity index (χ0v) is 17.4. The molecule has 0 aromatic rings. The van der Waals surface area contributed by atoms with Crippen molar-refractivity contribution in [2.75, 3.05) is 45.9 Å². The third kappa shape index (κ3) is 4.66. The molecule has 3 aliphatic heterocycles. The SMILES string of the molecule is CC(C)CCN1CC2CN(S(=O)(=O)C3CCOCC3)CC2(CCC(=O)O)C1. The summed E-state index contributed by atoms with van der Waals surface area (Å²) in [6.07, 6.45) is 2.91. The molecule has 156 valence electrons. The van der Waals surface area contributed by atoms with Gasteiger partial charge in [-0.25, -0.2) is 12.7 Å². The fourth-order valence-corrected chi connectivity index (χ4v) is 6.98. The van der Waals surface area contributed by atoms with E-state index in [4.69, 9.17) is 4.74 Å². The van der Waals surface area contributed by atoms with Crippen LogP contribution in [0.15, 0.2) is 0 Å². The van der Waals surface area contributed by atoms with Gasteiger partial charge in [0.2, 0.25) is 10.0 Å². The van der Waals surface area contributed by atoms with Gasteiger partial charge < -0.3 is 14.7 Å². The first-order valence-electron chi connectivity index (χ1n) is 10.2. The minimum atomic E-state index is -3.34. The Balaban J connectivity index is 1.71. The largest absolute Gasteiger partial charge is 0.481 e. The maximum absolute atomic E-state index is 13.1. The van der Waals surface area contributed by atoms with E-state index in [1.165, 1.54) is 0 Å². The molecule has 2 atom stereocenters. The Labute approximate surface area is 163 Å². The van der Waals surface area contributed by atoms with Crippen LogP contribution in [0.5, 0.6) is 0 Å². The lowest BCUT2D eigenvalue weighted by Crippen LogP contribution is -2.43. The normalized spacial score (nSPS) is 30.9. The monoisotopic (exact) mass is 402 g/mol. The summed E-state index contributed by atoms with van der Waals surface area (Å²) in [7, 11) is -3.34. The Morgan fingerprint density at radius 3 is 2.56 bits per heavy atom.